The van der Waals surface area contributed by atoms with E-state index in [0.717, 1.165) is 11.1 Å². The molecule has 1 aromatic carbocycles. The van der Waals surface area contributed by atoms with Crippen molar-refractivity contribution in [2.45, 2.75) is 13.8 Å². The Bertz CT molecular complexity index is 327. The maximum absolute atomic E-state index is 10.2. The van der Waals surface area contributed by atoms with E-state index >= 15 is 0 Å². The zero-order chi connectivity index (χ0) is 9.68. The van der Waals surface area contributed by atoms with E-state index in [0.29, 0.717) is 12.2 Å². The number of carbonyl (C=O) groups excluding carboxylic acids is 1. The lowest BCUT2D eigenvalue weighted by Gasteiger charge is -2.06. The van der Waals surface area contributed by atoms with Gasteiger partial charge in [-0.15, -0.1) is 0 Å². The molecular formula is C11H12O2. The Morgan fingerprint density at radius 1 is 1.38 bits per heavy atom. The molecule has 0 aliphatic carbocycles. The van der Waals surface area contributed by atoms with Crippen molar-refractivity contribution in [3.63, 3.8) is 0 Å². The van der Waals surface area contributed by atoms with Gasteiger partial charge in [-0.05, 0) is 25.5 Å². The molecule has 0 spiro atoms. The molecule has 0 aromatic heterocycles. The van der Waals surface area contributed by atoms with Crippen LogP contribution in [-0.2, 0) is 9.53 Å². The van der Waals surface area contributed by atoms with Crippen molar-refractivity contribution < 1.29 is 9.53 Å². The van der Waals surface area contributed by atoms with Crippen molar-refractivity contribution in [1.82, 2.24) is 0 Å². The summed E-state index contributed by atoms with van der Waals surface area (Å²) < 4.78 is 4.84. The van der Waals surface area contributed by atoms with Gasteiger partial charge >= 0.3 is 0 Å². The summed E-state index contributed by atoms with van der Waals surface area (Å²) in [5, 5.41) is 0. The minimum Gasteiger partial charge on any atom is -0.428 e. The molecule has 2 nitrogen and oxygen atoms in total. The summed E-state index contributed by atoms with van der Waals surface area (Å²) in [4.78, 5) is 10.2. The van der Waals surface area contributed by atoms with Gasteiger partial charge in [0.2, 0.25) is 0 Å². The normalized spacial score (nSPS) is 11.1. The first-order valence-corrected chi connectivity index (χ1v) is 4.12. The predicted octanol–water partition coefficient (Wildman–Crippen LogP) is 2.53. The molecule has 1 aromatic rings. The highest BCUT2D eigenvalue weighted by molar-refractivity contribution is 5.67. The molecule has 1 rings (SSSR count). The molecule has 0 radical (unpaired) electrons. The summed E-state index contributed by atoms with van der Waals surface area (Å²) in [5.74, 6) is 0.605. The van der Waals surface area contributed by atoms with Crippen LogP contribution in [0.3, 0.4) is 0 Å². The lowest BCUT2D eigenvalue weighted by atomic mass is 10.1. The predicted molar refractivity (Wildman–Crippen MR) is 52.0 cm³/mol. The number of benzene rings is 1. The number of rotatable bonds is 3. The highest BCUT2D eigenvalue weighted by Crippen LogP contribution is 2.18. The Morgan fingerprint density at radius 2 is 2.08 bits per heavy atom. The Morgan fingerprint density at radius 3 is 2.62 bits per heavy atom. The van der Waals surface area contributed by atoms with Gasteiger partial charge in [-0.25, -0.2) is 0 Å². The van der Waals surface area contributed by atoms with E-state index in [4.69, 9.17) is 4.74 Å². The third kappa shape index (κ3) is 2.18. The molecule has 0 fully saturated rings. The summed E-state index contributed by atoms with van der Waals surface area (Å²) in [5.41, 5.74) is 2.05. The largest absolute Gasteiger partial charge is 0.428 e. The quantitative estimate of drug-likeness (QED) is 0.522. The summed E-state index contributed by atoms with van der Waals surface area (Å²) in [6.07, 6.45) is 1.77. The molecular weight excluding hydrogens is 164 g/mol. The molecule has 0 heterocycles. The maximum atomic E-state index is 10.2. The molecule has 0 amide bonds. The van der Waals surface area contributed by atoms with E-state index in [-0.39, 0.29) is 0 Å². The average molecular weight is 176 g/mol. The van der Waals surface area contributed by atoms with Crippen molar-refractivity contribution in [3.05, 3.63) is 41.5 Å². The van der Waals surface area contributed by atoms with Crippen LogP contribution in [0.5, 0.6) is 0 Å². The third-order valence-electron chi connectivity index (χ3n) is 1.85. The van der Waals surface area contributed by atoms with Crippen LogP contribution >= 0.6 is 0 Å². The number of hydrogen-bond acceptors (Lipinski definition) is 2. The van der Waals surface area contributed by atoms with Gasteiger partial charge in [-0.3, -0.25) is 4.79 Å². The highest BCUT2D eigenvalue weighted by Gasteiger charge is 2.03. The van der Waals surface area contributed by atoms with Crippen molar-refractivity contribution in [3.8, 4) is 0 Å². The van der Waals surface area contributed by atoms with Gasteiger partial charge in [0.05, 0.1) is 0 Å². The van der Waals surface area contributed by atoms with Gasteiger partial charge < -0.3 is 4.74 Å². The number of hydrogen-bond donors (Lipinski definition) is 0. The van der Waals surface area contributed by atoms with Crippen LogP contribution in [0.15, 0.2) is 30.3 Å². The first-order valence-electron chi connectivity index (χ1n) is 4.12. The summed E-state index contributed by atoms with van der Waals surface area (Å²) >= 11 is 0. The lowest BCUT2D eigenvalue weighted by molar-refractivity contribution is -0.122. The van der Waals surface area contributed by atoms with E-state index in [9.17, 15) is 4.79 Å². The molecule has 0 aliphatic rings. The lowest BCUT2D eigenvalue weighted by Crippen LogP contribution is -1.92. The monoisotopic (exact) mass is 176 g/mol. The van der Waals surface area contributed by atoms with E-state index in [1.807, 2.05) is 38.1 Å². The summed E-state index contributed by atoms with van der Waals surface area (Å²) in [6, 6.07) is 7.77. The summed E-state index contributed by atoms with van der Waals surface area (Å²) in [7, 11) is 0. The van der Waals surface area contributed by atoms with Crippen LogP contribution in [0.1, 0.15) is 18.1 Å². The first kappa shape index (κ1) is 9.52. The molecule has 13 heavy (non-hydrogen) atoms. The second-order valence-electron chi connectivity index (χ2n) is 2.68. The standard InChI is InChI=1S/C11H12O2/c1-3-11(13-8-12)10-7-5-4-6-9(10)2/h3-8H,1-2H3/b11-3-. The van der Waals surface area contributed by atoms with Crippen LogP contribution < -0.4 is 0 Å². The van der Waals surface area contributed by atoms with Crippen molar-refractivity contribution in [2.75, 3.05) is 0 Å². The molecule has 0 saturated carbocycles. The fourth-order valence-electron chi connectivity index (χ4n) is 1.19. The Labute approximate surface area is 77.8 Å². The first-order chi connectivity index (χ1) is 6.29. The number of ether oxygens (including phenoxy) is 1. The highest BCUT2D eigenvalue weighted by atomic mass is 16.5. The molecule has 0 bridgehead atoms. The zero-order valence-electron chi connectivity index (χ0n) is 7.78. The van der Waals surface area contributed by atoms with Crippen LogP contribution in [0.4, 0.5) is 0 Å². The molecule has 0 saturated heterocycles. The minimum absolute atomic E-state index is 0.446. The van der Waals surface area contributed by atoms with Gasteiger partial charge in [-0.2, -0.15) is 0 Å². The van der Waals surface area contributed by atoms with Crippen molar-refractivity contribution in [2.24, 2.45) is 0 Å². The summed E-state index contributed by atoms with van der Waals surface area (Å²) in [6.45, 7) is 4.26. The smallest absolute Gasteiger partial charge is 0.298 e. The third-order valence-corrected chi connectivity index (χ3v) is 1.85. The second kappa shape index (κ2) is 4.45. The fraction of sp³-hybridized carbons (Fsp3) is 0.182. The minimum atomic E-state index is 0.446. The van der Waals surface area contributed by atoms with Crippen LogP contribution in [0.25, 0.3) is 5.76 Å². The second-order valence-corrected chi connectivity index (χ2v) is 2.68. The molecule has 2 heteroatoms. The van der Waals surface area contributed by atoms with Crippen LogP contribution in [0.2, 0.25) is 0 Å². The van der Waals surface area contributed by atoms with Crippen molar-refractivity contribution >= 4 is 12.2 Å². The van der Waals surface area contributed by atoms with Gasteiger partial charge in [-0.1, -0.05) is 24.3 Å². The molecule has 68 valence electrons. The SMILES string of the molecule is C/C=C(\OC=O)c1ccccc1C. The zero-order valence-corrected chi connectivity index (χ0v) is 7.78. The Kier molecular flexibility index (Phi) is 3.26. The van der Waals surface area contributed by atoms with Gasteiger partial charge in [0, 0.05) is 5.56 Å². The molecule has 0 N–H and O–H groups in total. The van der Waals surface area contributed by atoms with Gasteiger partial charge in [0.15, 0.2) is 0 Å². The van der Waals surface area contributed by atoms with E-state index < -0.39 is 0 Å². The van der Waals surface area contributed by atoms with Gasteiger partial charge in [0.25, 0.3) is 6.47 Å². The van der Waals surface area contributed by atoms with Crippen LogP contribution in [-0.4, -0.2) is 6.47 Å². The molecule has 0 unspecified atom stereocenters. The van der Waals surface area contributed by atoms with E-state index in [1.54, 1.807) is 6.08 Å². The maximum Gasteiger partial charge on any atom is 0.298 e. The Balaban J connectivity index is 3.05. The topological polar surface area (TPSA) is 26.3 Å². The average Bonchev–Trinajstić information content (AvgIpc) is 2.16. The Hall–Kier alpha value is -1.57. The fourth-order valence-corrected chi connectivity index (χ4v) is 1.19. The number of aryl methyl sites for hydroxylation is 1. The number of carbonyl (C=O) groups is 1. The van der Waals surface area contributed by atoms with Gasteiger partial charge in [0.1, 0.15) is 5.76 Å². The number of allylic oxidation sites excluding steroid dienone is 1. The van der Waals surface area contributed by atoms with Crippen molar-refractivity contribution in [1.29, 1.82) is 0 Å². The van der Waals surface area contributed by atoms with E-state index in [2.05, 4.69) is 0 Å². The van der Waals surface area contributed by atoms with E-state index in [1.165, 1.54) is 0 Å². The van der Waals surface area contributed by atoms with Crippen LogP contribution in [0, 0.1) is 6.92 Å². The molecule has 0 atom stereocenters. The molecule has 0 aliphatic heterocycles.